The number of carbonyl (C=O) groups excluding carboxylic acids is 1. The van der Waals surface area contributed by atoms with Crippen molar-refractivity contribution in [1.29, 1.82) is 0 Å². The zero-order valence-corrected chi connectivity index (χ0v) is 20.0. The highest BCUT2D eigenvalue weighted by Gasteiger charge is 2.16. The number of carbonyl (C=O) groups is 1. The van der Waals surface area contributed by atoms with Crippen LogP contribution in [0.3, 0.4) is 0 Å². The molecule has 0 aliphatic rings. The SMILES string of the molecule is COc1ccc(C)cc1NC(=O)Cn1nc2c3cc(-c4ccc(C(C)C)cc4)nn3ccn2c1=O. The molecule has 3 aromatic heterocycles. The fourth-order valence-corrected chi connectivity index (χ4v) is 4.06. The second-order valence-corrected chi connectivity index (χ2v) is 8.82. The Morgan fingerprint density at radius 2 is 1.83 bits per heavy atom. The molecular weight excluding hydrogens is 444 g/mol. The molecule has 9 nitrogen and oxygen atoms in total. The molecule has 5 aromatic rings. The number of methoxy groups -OCH3 is 1. The molecule has 0 aliphatic heterocycles. The van der Waals surface area contributed by atoms with Crippen LogP contribution in [0.4, 0.5) is 5.69 Å². The number of anilines is 1. The number of amides is 1. The van der Waals surface area contributed by atoms with Crippen molar-refractivity contribution < 1.29 is 9.53 Å². The summed E-state index contributed by atoms with van der Waals surface area (Å²) in [6, 6.07) is 15.7. The Hall–Kier alpha value is -4.40. The van der Waals surface area contributed by atoms with Gasteiger partial charge in [-0.05, 0) is 42.2 Å². The van der Waals surface area contributed by atoms with Crippen molar-refractivity contribution in [1.82, 2.24) is 23.8 Å². The zero-order valence-electron chi connectivity index (χ0n) is 20.0. The van der Waals surface area contributed by atoms with Gasteiger partial charge in [-0.25, -0.2) is 18.4 Å². The van der Waals surface area contributed by atoms with Gasteiger partial charge in [-0.3, -0.25) is 4.79 Å². The van der Waals surface area contributed by atoms with Crippen LogP contribution in [0.15, 0.2) is 65.7 Å². The van der Waals surface area contributed by atoms with E-state index in [0.29, 0.717) is 28.5 Å². The van der Waals surface area contributed by atoms with Gasteiger partial charge in [0.05, 0.1) is 18.5 Å². The predicted octanol–water partition coefficient (Wildman–Crippen LogP) is 3.89. The molecule has 1 amide bonds. The highest BCUT2D eigenvalue weighted by Crippen LogP contribution is 2.26. The van der Waals surface area contributed by atoms with Gasteiger partial charge in [0, 0.05) is 18.0 Å². The summed E-state index contributed by atoms with van der Waals surface area (Å²) in [6.07, 6.45) is 3.31. The summed E-state index contributed by atoms with van der Waals surface area (Å²) in [7, 11) is 1.54. The minimum absolute atomic E-state index is 0.235. The molecule has 1 N–H and O–H groups in total. The van der Waals surface area contributed by atoms with Gasteiger partial charge in [0.2, 0.25) is 5.91 Å². The van der Waals surface area contributed by atoms with Crippen LogP contribution >= 0.6 is 0 Å². The van der Waals surface area contributed by atoms with Crippen molar-refractivity contribution in [3.63, 3.8) is 0 Å². The summed E-state index contributed by atoms with van der Waals surface area (Å²) < 4.78 is 9.58. The third kappa shape index (κ3) is 4.16. The first-order chi connectivity index (χ1) is 16.8. The van der Waals surface area contributed by atoms with Crippen molar-refractivity contribution in [3.8, 4) is 17.0 Å². The molecule has 9 heteroatoms. The Labute approximate surface area is 201 Å². The fraction of sp³-hybridized carbons (Fsp3) is 0.231. The van der Waals surface area contributed by atoms with Crippen LogP contribution in [-0.4, -0.2) is 36.8 Å². The topological polar surface area (TPSA) is 94.9 Å². The van der Waals surface area contributed by atoms with E-state index in [4.69, 9.17) is 4.74 Å². The lowest BCUT2D eigenvalue weighted by atomic mass is 10.0. The lowest BCUT2D eigenvalue weighted by Gasteiger charge is -2.10. The Balaban J connectivity index is 1.46. The second kappa shape index (κ2) is 8.75. The molecule has 0 saturated heterocycles. The van der Waals surface area contributed by atoms with Crippen LogP contribution in [0, 0.1) is 6.92 Å². The molecule has 0 unspecified atom stereocenters. The average Bonchev–Trinajstić information content (AvgIpc) is 3.41. The number of ether oxygens (including phenoxy) is 1. The van der Waals surface area contributed by atoms with Crippen molar-refractivity contribution in [2.24, 2.45) is 0 Å². The Morgan fingerprint density at radius 3 is 2.54 bits per heavy atom. The maximum absolute atomic E-state index is 12.9. The van der Waals surface area contributed by atoms with Crippen LogP contribution in [0.2, 0.25) is 0 Å². The highest BCUT2D eigenvalue weighted by atomic mass is 16.5. The van der Waals surface area contributed by atoms with E-state index in [-0.39, 0.29) is 12.5 Å². The minimum atomic E-state index is -0.405. The van der Waals surface area contributed by atoms with Gasteiger partial charge in [0.15, 0.2) is 5.65 Å². The summed E-state index contributed by atoms with van der Waals surface area (Å²) in [4.78, 5) is 25.7. The summed E-state index contributed by atoms with van der Waals surface area (Å²) in [5, 5.41) is 11.9. The quantitative estimate of drug-likeness (QED) is 0.406. The summed E-state index contributed by atoms with van der Waals surface area (Å²) >= 11 is 0. The number of rotatable bonds is 6. The largest absolute Gasteiger partial charge is 0.495 e. The molecule has 0 bridgehead atoms. The molecule has 35 heavy (non-hydrogen) atoms. The highest BCUT2D eigenvalue weighted by molar-refractivity contribution is 5.92. The van der Waals surface area contributed by atoms with Crippen LogP contribution in [-0.2, 0) is 11.3 Å². The van der Waals surface area contributed by atoms with Crippen LogP contribution < -0.4 is 15.7 Å². The van der Waals surface area contributed by atoms with E-state index in [1.807, 2.05) is 37.3 Å². The standard InChI is InChI=1S/C26H26N6O3/c1-16(2)18-6-8-19(9-7-18)20-14-22-25-29-32(26(34)30(25)11-12-31(22)28-20)15-24(33)27-21-13-17(3)5-10-23(21)35-4/h5-14,16H,15H2,1-4H3,(H,27,33). The van der Waals surface area contributed by atoms with Gasteiger partial charge in [-0.1, -0.05) is 44.2 Å². The first kappa shape index (κ1) is 22.4. The molecule has 2 aromatic carbocycles. The summed E-state index contributed by atoms with van der Waals surface area (Å²) in [5.74, 6) is 0.612. The maximum atomic E-state index is 12.9. The smallest absolute Gasteiger partial charge is 0.350 e. The van der Waals surface area contributed by atoms with E-state index in [1.54, 1.807) is 23.0 Å². The van der Waals surface area contributed by atoms with Crippen molar-refractivity contribution in [2.45, 2.75) is 33.2 Å². The zero-order chi connectivity index (χ0) is 24.7. The molecule has 0 atom stereocenters. The summed E-state index contributed by atoms with van der Waals surface area (Å²) in [6.45, 7) is 6.00. The lowest BCUT2D eigenvalue weighted by molar-refractivity contribution is -0.117. The van der Waals surface area contributed by atoms with E-state index in [9.17, 15) is 9.59 Å². The van der Waals surface area contributed by atoms with E-state index in [0.717, 1.165) is 21.5 Å². The number of nitrogens with one attached hydrogen (secondary N) is 1. The normalized spacial score (nSPS) is 11.5. The minimum Gasteiger partial charge on any atom is -0.495 e. The van der Waals surface area contributed by atoms with Gasteiger partial charge in [-0.2, -0.15) is 5.10 Å². The molecule has 0 saturated carbocycles. The third-order valence-corrected chi connectivity index (χ3v) is 5.99. The number of nitrogens with zero attached hydrogens (tertiary/aromatic N) is 5. The summed E-state index contributed by atoms with van der Waals surface area (Å²) in [5.41, 5.74) is 5.22. The Kier molecular flexibility index (Phi) is 5.60. The Morgan fingerprint density at radius 1 is 1.06 bits per heavy atom. The molecule has 0 fully saturated rings. The molecule has 178 valence electrons. The number of hydrogen-bond acceptors (Lipinski definition) is 5. The van der Waals surface area contributed by atoms with Crippen molar-refractivity contribution in [3.05, 3.63) is 82.5 Å². The van der Waals surface area contributed by atoms with Gasteiger partial charge in [0.25, 0.3) is 0 Å². The van der Waals surface area contributed by atoms with Gasteiger partial charge in [0.1, 0.15) is 17.8 Å². The molecule has 5 rings (SSSR count). The maximum Gasteiger partial charge on any atom is 0.350 e. The lowest BCUT2D eigenvalue weighted by Crippen LogP contribution is -2.28. The number of fused-ring (bicyclic) bond motifs is 3. The van der Waals surface area contributed by atoms with E-state index < -0.39 is 5.69 Å². The number of hydrogen-bond donors (Lipinski definition) is 1. The second-order valence-electron chi connectivity index (χ2n) is 8.82. The monoisotopic (exact) mass is 470 g/mol. The number of aromatic nitrogens is 5. The third-order valence-electron chi connectivity index (χ3n) is 5.99. The average molecular weight is 471 g/mol. The first-order valence-electron chi connectivity index (χ1n) is 11.4. The molecule has 0 radical (unpaired) electrons. The van der Waals surface area contributed by atoms with Crippen LogP contribution in [0.5, 0.6) is 5.75 Å². The van der Waals surface area contributed by atoms with Crippen LogP contribution in [0.25, 0.3) is 22.4 Å². The molecular formula is C26H26N6O3. The van der Waals surface area contributed by atoms with Crippen molar-refractivity contribution in [2.75, 3.05) is 12.4 Å². The van der Waals surface area contributed by atoms with Gasteiger partial charge < -0.3 is 10.1 Å². The molecule has 0 aliphatic carbocycles. The molecule has 3 heterocycles. The number of aryl methyl sites for hydroxylation is 1. The van der Waals surface area contributed by atoms with E-state index in [1.165, 1.54) is 17.1 Å². The molecule has 0 spiro atoms. The Bertz CT molecular complexity index is 1610. The number of benzene rings is 2. The van der Waals surface area contributed by atoms with Gasteiger partial charge >= 0.3 is 5.69 Å². The predicted molar refractivity (Wildman–Crippen MR) is 134 cm³/mol. The van der Waals surface area contributed by atoms with Gasteiger partial charge in [-0.15, -0.1) is 5.10 Å². The van der Waals surface area contributed by atoms with E-state index in [2.05, 4.69) is 41.5 Å². The first-order valence-corrected chi connectivity index (χ1v) is 11.4. The van der Waals surface area contributed by atoms with Crippen molar-refractivity contribution >= 4 is 22.8 Å². The fourth-order valence-electron chi connectivity index (χ4n) is 4.06. The van der Waals surface area contributed by atoms with E-state index >= 15 is 0 Å². The van der Waals surface area contributed by atoms with Crippen LogP contribution in [0.1, 0.15) is 30.9 Å².